The summed E-state index contributed by atoms with van der Waals surface area (Å²) in [6.07, 6.45) is 0. The minimum Gasteiger partial charge on any atom is -0.370 e. The highest BCUT2D eigenvalue weighted by Gasteiger charge is 2.52. The maximum absolute atomic E-state index is 13.0. The fraction of sp³-hybridized carbons (Fsp3) is 0.0625. The molecule has 0 saturated heterocycles. The monoisotopic (exact) mass is 382 g/mol. The van der Waals surface area contributed by atoms with E-state index in [9.17, 15) is 4.79 Å². The highest BCUT2D eigenvalue weighted by molar-refractivity contribution is 9.10. The third kappa shape index (κ3) is 1.53. The zero-order chi connectivity index (χ0) is 16.5. The number of anilines is 2. The summed E-state index contributed by atoms with van der Waals surface area (Å²) < 4.78 is 2.65. The molecule has 5 rings (SSSR count). The summed E-state index contributed by atoms with van der Waals surface area (Å²) >= 11 is 3.47. The summed E-state index contributed by atoms with van der Waals surface area (Å²) in [6.45, 7) is 0. The summed E-state index contributed by atoms with van der Waals surface area (Å²) in [4.78, 5) is 22.1. The van der Waals surface area contributed by atoms with Gasteiger partial charge >= 0.3 is 0 Å². The van der Waals surface area contributed by atoms with Crippen molar-refractivity contribution in [2.75, 3.05) is 10.6 Å². The van der Waals surface area contributed by atoms with E-state index in [1.807, 2.05) is 42.5 Å². The van der Waals surface area contributed by atoms with Gasteiger partial charge in [0.05, 0.1) is 11.0 Å². The van der Waals surface area contributed by atoms with Gasteiger partial charge in [-0.15, -0.1) is 0 Å². The minimum absolute atomic E-state index is 0.154. The number of fused-ring (bicyclic) bond motifs is 6. The van der Waals surface area contributed by atoms with Crippen molar-refractivity contribution in [1.29, 1.82) is 0 Å². The first-order chi connectivity index (χ1) is 11.6. The number of guanidine groups is 1. The second-order valence-electron chi connectivity index (χ2n) is 5.70. The van der Waals surface area contributed by atoms with Crippen LogP contribution in [0.1, 0.15) is 5.56 Å². The number of hydrogen-bond acceptors (Lipinski definition) is 5. The van der Waals surface area contributed by atoms with Crippen LogP contribution in [-0.4, -0.2) is 21.4 Å². The molecule has 2 aliphatic rings. The molecule has 3 heterocycles. The van der Waals surface area contributed by atoms with Crippen molar-refractivity contribution >= 4 is 50.5 Å². The molecule has 8 heteroatoms. The van der Waals surface area contributed by atoms with Crippen molar-refractivity contribution in [3.05, 3.63) is 52.5 Å². The van der Waals surface area contributed by atoms with Gasteiger partial charge in [-0.05, 0) is 30.3 Å². The summed E-state index contributed by atoms with van der Waals surface area (Å²) in [5.41, 5.74) is 7.69. The predicted octanol–water partition coefficient (Wildman–Crippen LogP) is 2.19. The molecular weight excluding hydrogens is 372 g/mol. The van der Waals surface area contributed by atoms with E-state index < -0.39 is 5.66 Å². The summed E-state index contributed by atoms with van der Waals surface area (Å²) in [5, 5.41) is 5.86. The SMILES string of the molecule is NC1=NC2(C(=O)Nc3ccc(Br)cc32)n2c(nc3ccccc32)N1. The van der Waals surface area contributed by atoms with Crippen LogP contribution in [0.2, 0.25) is 0 Å². The molecule has 3 aromatic rings. The fourth-order valence-electron chi connectivity index (χ4n) is 3.38. The molecule has 0 fully saturated rings. The Hall–Kier alpha value is -2.87. The minimum atomic E-state index is -1.31. The van der Waals surface area contributed by atoms with Crippen LogP contribution in [-0.2, 0) is 10.5 Å². The molecule has 7 nitrogen and oxygen atoms in total. The number of hydrogen-bond donors (Lipinski definition) is 3. The largest absolute Gasteiger partial charge is 0.370 e. The van der Waals surface area contributed by atoms with Crippen LogP contribution >= 0.6 is 15.9 Å². The Morgan fingerprint density at radius 3 is 2.88 bits per heavy atom. The number of halogens is 1. The molecule has 1 amide bonds. The van der Waals surface area contributed by atoms with Gasteiger partial charge in [0.2, 0.25) is 11.6 Å². The number of para-hydroxylation sites is 2. The number of aliphatic imine (C=N–C) groups is 1. The van der Waals surface area contributed by atoms with E-state index in [1.54, 1.807) is 4.57 Å². The number of carbonyl (C=O) groups excluding carboxylic acids is 1. The Morgan fingerprint density at radius 1 is 1.17 bits per heavy atom. The van der Waals surface area contributed by atoms with Gasteiger partial charge in [-0.2, -0.15) is 0 Å². The van der Waals surface area contributed by atoms with E-state index in [2.05, 4.69) is 36.5 Å². The number of amides is 1. The van der Waals surface area contributed by atoms with Crippen molar-refractivity contribution in [1.82, 2.24) is 9.55 Å². The van der Waals surface area contributed by atoms with E-state index in [4.69, 9.17) is 5.73 Å². The predicted molar refractivity (Wildman–Crippen MR) is 94.8 cm³/mol. The maximum atomic E-state index is 13.0. The Balaban J connectivity index is 1.94. The van der Waals surface area contributed by atoms with Crippen molar-refractivity contribution in [3.8, 4) is 0 Å². The van der Waals surface area contributed by atoms with Crippen LogP contribution in [0.4, 0.5) is 11.6 Å². The first kappa shape index (κ1) is 13.6. The zero-order valence-electron chi connectivity index (χ0n) is 12.2. The van der Waals surface area contributed by atoms with Crippen molar-refractivity contribution in [3.63, 3.8) is 0 Å². The number of rotatable bonds is 0. The standard InChI is InChI=1S/C16H11BrN6O/c17-8-5-6-10-9(7-8)16(13(24)19-10)22-14(18)21-15-20-11-3-1-2-4-12(11)23(15)16/h1-7H,(H,19,24)(H3,18,20,21,22). The third-order valence-corrected chi connectivity index (χ3v) is 4.82. The molecule has 2 aromatic carbocycles. The number of nitrogens with zero attached hydrogens (tertiary/aromatic N) is 3. The third-order valence-electron chi connectivity index (χ3n) is 4.33. The highest BCUT2D eigenvalue weighted by Crippen LogP contribution is 2.46. The van der Waals surface area contributed by atoms with Gasteiger partial charge in [0.25, 0.3) is 5.91 Å². The van der Waals surface area contributed by atoms with Gasteiger partial charge in [-0.25, -0.2) is 9.98 Å². The number of imidazole rings is 1. The molecule has 118 valence electrons. The average molecular weight is 383 g/mol. The first-order valence-corrected chi connectivity index (χ1v) is 8.11. The zero-order valence-corrected chi connectivity index (χ0v) is 13.8. The molecule has 0 aliphatic carbocycles. The van der Waals surface area contributed by atoms with E-state index in [0.717, 1.165) is 21.1 Å². The van der Waals surface area contributed by atoms with Gasteiger partial charge < -0.3 is 11.1 Å². The van der Waals surface area contributed by atoms with Gasteiger partial charge in [0.15, 0.2) is 5.96 Å². The van der Waals surface area contributed by atoms with Crippen LogP contribution in [0.5, 0.6) is 0 Å². The van der Waals surface area contributed by atoms with E-state index >= 15 is 0 Å². The lowest BCUT2D eigenvalue weighted by molar-refractivity contribution is -0.121. The molecule has 1 unspecified atom stereocenters. The van der Waals surface area contributed by atoms with Gasteiger partial charge in [0, 0.05) is 15.7 Å². The van der Waals surface area contributed by atoms with E-state index in [0.29, 0.717) is 11.6 Å². The number of benzene rings is 2. The number of nitrogens with one attached hydrogen (secondary N) is 2. The summed E-state index contributed by atoms with van der Waals surface area (Å²) in [5.74, 6) is 0.386. The number of nitrogens with two attached hydrogens (primary N) is 1. The normalized spacial score (nSPS) is 21.2. The van der Waals surface area contributed by atoms with Crippen molar-refractivity contribution in [2.24, 2.45) is 10.7 Å². The Bertz CT molecular complexity index is 1070. The topological polar surface area (TPSA) is 97.3 Å². The van der Waals surface area contributed by atoms with Crippen LogP contribution in [0.3, 0.4) is 0 Å². The average Bonchev–Trinajstić information content (AvgIpc) is 3.04. The lowest BCUT2D eigenvalue weighted by Gasteiger charge is -2.31. The molecule has 1 aromatic heterocycles. The van der Waals surface area contributed by atoms with Gasteiger partial charge in [-0.3, -0.25) is 14.7 Å². The lowest BCUT2D eigenvalue weighted by Crippen LogP contribution is -2.47. The molecule has 0 bridgehead atoms. The van der Waals surface area contributed by atoms with Crippen LogP contribution in [0.15, 0.2) is 51.9 Å². The Labute approximate surface area is 144 Å². The first-order valence-electron chi connectivity index (χ1n) is 7.31. The molecule has 4 N–H and O–H groups in total. The van der Waals surface area contributed by atoms with Crippen LogP contribution < -0.4 is 16.4 Å². The molecular formula is C16H11BrN6O. The van der Waals surface area contributed by atoms with E-state index in [-0.39, 0.29) is 11.9 Å². The second-order valence-corrected chi connectivity index (χ2v) is 6.61. The lowest BCUT2D eigenvalue weighted by atomic mass is 10.00. The van der Waals surface area contributed by atoms with Crippen LogP contribution in [0, 0.1) is 0 Å². The molecule has 1 atom stereocenters. The van der Waals surface area contributed by atoms with Gasteiger partial charge in [-0.1, -0.05) is 28.1 Å². The molecule has 1 spiro atoms. The molecule has 0 radical (unpaired) electrons. The van der Waals surface area contributed by atoms with Crippen molar-refractivity contribution in [2.45, 2.75) is 5.66 Å². The number of carbonyl (C=O) groups is 1. The molecule has 0 saturated carbocycles. The molecule has 24 heavy (non-hydrogen) atoms. The summed E-state index contributed by atoms with van der Waals surface area (Å²) in [7, 11) is 0. The fourth-order valence-corrected chi connectivity index (χ4v) is 3.74. The molecule has 2 aliphatic heterocycles. The second kappa shape index (κ2) is 4.35. The number of aromatic nitrogens is 2. The van der Waals surface area contributed by atoms with E-state index in [1.165, 1.54) is 0 Å². The van der Waals surface area contributed by atoms with Crippen molar-refractivity contribution < 1.29 is 4.79 Å². The Kier molecular flexibility index (Phi) is 2.46. The maximum Gasteiger partial charge on any atom is 0.278 e. The smallest absolute Gasteiger partial charge is 0.278 e. The van der Waals surface area contributed by atoms with Gasteiger partial charge in [0.1, 0.15) is 0 Å². The van der Waals surface area contributed by atoms with Crippen LogP contribution in [0.25, 0.3) is 11.0 Å². The summed E-state index contributed by atoms with van der Waals surface area (Å²) in [6, 6.07) is 13.2. The quantitative estimate of drug-likeness (QED) is 0.555. The highest BCUT2D eigenvalue weighted by atomic mass is 79.9. The Morgan fingerprint density at radius 2 is 2.00 bits per heavy atom.